The number of nitrogens with zero attached hydrogens (tertiary/aromatic N) is 1. The predicted octanol–water partition coefficient (Wildman–Crippen LogP) is 1.96. The second kappa shape index (κ2) is 7.44. The number of rotatable bonds is 5. The van der Waals surface area contributed by atoms with Gasteiger partial charge in [-0.15, -0.1) is 0 Å². The van der Waals surface area contributed by atoms with Gasteiger partial charge < -0.3 is 5.32 Å². The van der Waals surface area contributed by atoms with Crippen LogP contribution in [0.15, 0.2) is 29.2 Å². The molecule has 1 aromatic carbocycles. The van der Waals surface area contributed by atoms with Gasteiger partial charge in [0, 0.05) is 18.2 Å². The van der Waals surface area contributed by atoms with E-state index in [1.54, 1.807) is 0 Å². The number of hydrogen-bond donors (Lipinski definition) is 1. The van der Waals surface area contributed by atoms with Gasteiger partial charge in [-0.1, -0.05) is 18.6 Å². The number of sulfonamides is 1. The van der Waals surface area contributed by atoms with Crippen molar-refractivity contribution >= 4 is 21.7 Å². The zero-order chi connectivity index (χ0) is 17.9. The van der Waals surface area contributed by atoms with E-state index in [-0.39, 0.29) is 22.6 Å². The Hall–Kier alpha value is -1.73. The standard InChI is InChI=1S/C17H24N2O4S/c1-12(2)18-17(21)16-6-4-5-11-19(16)24(22,23)15-9-7-14(8-10-15)13(3)20/h7-10,12,16H,4-6,11H2,1-3H3,(H,18,21). The van der Waals surface area contributed by atoms with Crippen LogP contribution < -0.4 is 5.32 Å². The minimum Gasteiger partial charge on any atom is -0.353 e. The average molecular weight is 352 g/mol. The topological polar surface area (TPSA) is 83.6 Å². The molecule has 1 saturated heterocycles. The van der Waals surface area contributed by atoms with Crippen LogP contribution in [0, 0.1) is 0 Å². The van der Waals surface area contributed by atoms with Crippen molar-refractivity contribution in [3.05, 3.63) is 29.8 Å². The Labute approximate surface area is 143 Å². The van der Waals surface area contributed by atoms with Crippen molar-refractivity contribution in [2.24, 2.45) is 0 Å². The second-order valence-corrected chi connectivity index (χ2v) is 8.26. The number of amides is 1. The Bertz CT molecular complexity index is 711. The van der Waals surface area contributed by atoms with E-state index in [0.29, 0.717) is 18.5 Å². The lowest BCUT2D eigenvalue weighted by Crippen LogP contribution is -2.52. The number of carbonyl (C=O) groups excluding carboxylic acids is 2. The number of benzene rings is 1. The lowest BCUT2D eigenvalue weighted by atomic mass is 10.0. The lowest BCUT2D eigenvalue weighted by molar-refractivity contribution is -0.126. The van der Waals surface area contributed by atoms with Crippen LogP contribution in [-0.2, 0) is 14.8 Å². The molecule has 0 bridgehead atoms. The van der Waals surface area contributed by atoms with Crippen molar-refractivity contribution in [1.29, 1.82) is 0 Å². The highest BCUT2D eigenvalue weighted by Crippen LogP contribution is 2.26. The van der Waals surface area contributed by atoms with Crippen molar-refractivity contribution in [2.45, 2.75) is 57.0 Å². The Morgan fingerprint density at radius 2 is 1.79 bits per heavy atom. The molecule has 7 heteroatoms. The maximum atomic E-state index is 12.9. The number of carbonyl (C=O) groups is 2. The van der Waals surface area contributed by atoms with E-state index < -0.39 is 16.1 Å². The van der Waals surface area contributed by atoms with Gasteiger partial charge in [0.15, 0.2) is 5.78 Å². The molecule has 1 aromatic rings. The lowest BCUT2D eigenvalue weighted by Gasteiger charge is -2.34. The molecular weight excluding hydrogens is 328 g/mol. The largest absolute Gasteiger partial charge is 0.353 e. The number of Topliss-reactive ketones (excluding diaryl/α,β-unsaturated/α-hetero) is 1. The van der Waals surface area contributed by atoms with Crippen molar-refractivity contribution in [2.75, 3.05) is 6.54 Å². The van der Waals surface area contributed by atoms with E-state index in [1.807, 2.05) is 13.8 Å². The quantitative estimate of drug-likeness (QED) is 0.821. The molecule has 1 atom stereocenters. The van der Waals surface area contributed by atoms with Gasteiger partial charge >= 0.3 is 0 Å². The third kappa shape index (κ3) is 4.02. The van der Waals surface area contributed by atoms with Crippen molar-refractivity contribution in [1.82, 2.24) is 9.62 Å². The third-order valence-corrected chi connectivity index (χ3v) is 5.98. The fourth-order valence-electron chi connectivity index (χ4n) is 2.83. The zero-order valence-corrected chi connectivity index (χ0v) is 15.1. The molecule has 1 unspecified atom stereocenters. The highest BCUT2D eigenvalue weighted by atomic mass is 32.2. The summed E-state index contributed by atoms with van der Waals surface area (Å²) >= 11 is 0. The molecule has 1 heterocycles. The molecule has 1 aliphatic rings. The molecule has 2 rings (SSSR count). The van der Waals surface area contributed by atoms with Crippen LogP contribution in [-0.4, -0.2) is 43.0 Å². The van der Waals surface area contributed by atoms with Gasteiger partial charge in [-0.3, -0.25) is 9.59 Å². The van der Waals surface area contributed by atoms with Gasteiger partial charge in [0.25, 0.3) is 0 Å². The van der Waals surface area contributed by atoms with Crippen LogP contribution in [0.5, 0.6) is 0 Å². The van der Waals surface area contributed by atoms with E-state index >= 15 is 0 Å². The van der Waals surface area contributed by atoms with E-state index in [9.17, 15) is 18.0 Å². The first-order chi connectivity index (χ1) is 11.2. The van der Waals surface area contributed by atoms with E-state index in [2.05, 4.69) is 5.32 Å². The monoisotopic (exact) mass is 352 g/mol. The summed E-state index contributed by atoms with van der Waals surface area (Å²) in [5, 5.41) is 2.80. The molecule has 1 N–H and O–H groups in total. The van der Waals surface area contributed by atoms with E-state index in [0.717, 1.165) is 12.8 Å². The molecule has 1 aliphatic heterocycles. The predicted molar refractivity (Wildman–Crippen MR) is 91.3 cm³/mol. The summed E-state index contributed by atoms with van der Waals surface area (Å²) in [6, 6.07) is 5.14. The average Bonchev–Trinajstić information content (AvgIpc) is 2.54. The molecule has 0 aromatic heterocycles. The second-order valence-electron chi connectivity index (χ2n) is 6.37. The molecule has 0 aliphatic carbocycles. The third-order valence-electron chi connectivity index (χ3n) is 4.05. The molecule has 0 saturated carbocycles. The van der Waals surface area contributed by atoms with E-state index in [1.165, 1.54) is 35.5 Å². The first-order valence-corrected chi connectivity index (χ1v) is 9.60. The Morgan fingerprint density at radius 3 is 2.33 bits per heavy atom. The first-order valence-electron chi connectivity index (χ1n) is 8.16. The van der Waals surface area contributed by atoms with Crippen LogP contribution in [0.2, 0.25) is 0 Å². The van der Waals surface area contributed by atoms with Crippen LogP contribution in [0.25, 0.3) is 0 Å². The zero-order valence-electron chi connectivity index (χ0n) is 14.3. The van der Waals surface area contributed by atoms with Gasteiger partial charge in [0.05, 0.1) is 4.90 Å². The number of hydrogen-bond acceptors (Lipinski definition) is 4. The van der Waals surface area contributed by atoms with Crippen molar-refractivity contribution in [3.8, 4) is 0 Å². The molecule has 1 fully saturated rings. The minimum absolute atomic E-state index is 0.0427. The first kappa shape index (κ1) is 18.6. The highest BCUT2D eigenvalue weighted by molar-refractivity contribution is 7.89. The van der Waals surface area contributed by atoms with Crippen LogP contribution in [0.1, 0.15) is 50.4 Å². The summed E-state index contributed by atoms with van der Waals surface area (Å²) in [6.07, 6.45) is 2.07. The number of nitrogens with one attached hydrogen (secondary N) is 1. The Balaban J connectivity index is 2.30. The maximum Gasteiger partial charge on any atom is 0.243 e. The summed E-state index contributed by atoms with van der Waals surface area (Å²) in [4.78, 5) is 23.8. The van der Waals surface area contributed by atoms with Crippen molar-refractivity contribution in [3.63, 3.8) is 0 Å². The molecule has 0 spiro atoms. The summed E-state index contributed by atoms with van der Waals surface area (Å²) in [7, 11) is -3.77. The smallest absolute Gasteiger partial charge is 0.243 e. The Morgan fingerprint density at radius 1 is 1.17 bits per heavy atom. The van der Waals surface area contributed by atoms with E-state index in [4.69, 9.17) is 0 Å². The van der Waals surface area contributed by atoms with Crippen LogP contribution in [0.4, 0.5) is 0 Å². The van der Waals surface area contributed by atoms with Gasteiger partial charge in [0.2, 0.25) is 15.9 Å². The van der Waals surface area contributed by atoms with Crippen molar-refractivity contribution < 1.29 is 18.0 Å². The van der Waals surface area contributed by atoms with Crippen LogP contribution in [0.3, 0.4) is 0 Å². The highest BCUT2D eigenvalue weighted by Gasteiger charge is 2.37. The molecular formula is C17H24N2O4S. The molecule has 132 valence electrons. The van der Waals surface area contributed by atoms with Gasteiger partial charge in [-0.05, 0) is 45.7 Å². The van der Waals surface area contributed by atoms with Gasteiger partial charge in [-0.2, -0.15) is 4.31 Å². The summed E-state index contributed by atoms with van der Waals surface area (Å²) in [5.41, 5.74) is 0.460. The minimum atomic E-state index is -3.77. The summed E-state index contributed by atoms with van der Waals surface area (Å²) in [5.74, 6) is -0.375. The molecule has 24 heavy (non-hydrogen) atoms. The fraction of sp³-hybridized carbons (Fsp3) is 0.529. The normalized spacial score (nSPS) is 19.2. The summed E-state index contributed by atoms with van der Waals surface area (Å²) < 4.78 is 27.1. The van der Waals surface area contributed by atoms with Crippen LogP contribution >= 0.6 is 0 Å². The molecule has 1 amide bonds. The van der Waals surface area contributed by atoms with Gasteiger partial charge in [-0.25, -0.2) is 8.42 Å². The fourth-order valence-corrected chi connectivity index (χ4v) is 4.49. The Kier molecular flexibility index (Phi) is 5.77. The number of piperidine rings is 1. The molecule has 6 nitrogen and oxygen atoms in total. The number of ketones is 1. The summed E-state index contributed by atoms with van der Waals surface area (Å²) in [6.45, 7) is 5.45. The maximum absolute atomic E-state index is 12.9. The SMILES string of the molecule is CC(=O)c1ccc(S(=O)(=O)N2CCCCC2C(=O)NC(C)C)cc1. The molecule has 0 radical (unpaired) electrons. The van der Waals surface area contributed by atoms with Gasteiger partial charge in [0.1, 0.15) is 6.04 Å².